The van der Waals surface area contributed by atoms with E-state index in [9.17, 15) is 0 Å². The van der Waals surface area contributed by atoms with E-state index in [2.05, 4.69) is 4.98 Å². The molecule has 5 heteroatoms. The van der Waals surface area contributed by atoms with Crippen molar-refractivity contribution in [2.24, 2.45) is 0 Å². The van der Waals surface area contributed by atoms with Gasteiger partial charge in [0.2, 0.25) is 0 Å². The van der Waals surface area contributed by atoms with Crippen molar-refractivity contribution in [3.05, 3.63) is 30.1 Å². The molecule has 2 rings (SSSR count). The summed E-state index contributed by atoms with van der Waals surface area (Å²) in [5.41, 5.74) is 1.02. The first-order valence-electron chi connectivity index (χ1n) is 6.45. The molecule has 0 spiro atoms. The molecular weight excluding hydrogens is 241 g/mol. The normalized spacial score (nSPS) is 21.2. The number of nitrogens with zero attached hydrogens (tertiary/aromatic N) is 1. The van der Waals surface area contributed by atoms with Crippen LogP contribution >= 0.6 is 0 Å². The fourth-order valence-corrected chi connectivity index (χ4v) is 1.81. The van der Waals surface area contributed by atoms with Crippen LogP contribution in [0.2, 0.25) is 0 Å². The summed E-state index contributed by atoms with van der Waals surface area (Å²) in [5, 5.41) is 8.72. The maximum absolute atomic E-state index is 8.72. The van der Waals surface area contributed by atoms with E-state index in [0.717, 1.165) is 11.2 Å². The van der Waals surface area contributed by atoms with Crippen LogP contribution in [0.3, 0.4) is 0 Å². The lowest BCUT2D eigenvalue weighted by molar-refractivity contribution is 0.00578. The predicted molar refractivity (Wildman–Crippen MR) is 76.1 cm³/mol. The van der Waals surface area contributed by atoms with Gasteiger partial charge in [-0.2, -0.15) is 0 Å². The van der Waals surface area contributed by atoms with E-state index < -0.39 is 0 Å². The lowest BCUT2D eigenvalue weighted by atomic mass is 9.80. The number of aliphatic hydroxyl groups excluding tert-OH is 1. The summed E-state index contributed by atoms with van der Waals surface area (Å²) in [6.45, 7) is 8.12. The molecule has 0 atom stereocenters. The molecular formula is C14H20BNO3. The van der Waals surface area contributed by atoms with Crippen molar-refractivity contribution in [1.82, 2.24) is 4.98 Å². The smallest absolute Gasteiger partial charge is 0.399 e. The predicted octanol–water partition coefficient (Wildman–Crippen LogP) is 1.39. The van der Waals surface area contributed by atoms with Gasteiger partial charge in [-0.1, -0.05) is 12.1 Å². The molecule has 1 aromatic rings. The maximum Gasteiger partial charge on any atom is 0.496 e. The molecule has 0 radical (unpaired) electrons. The molecule has 1 saturated heterocycles. The Hall–Kier alpha value is -1.17. The summed E-state index contributed by atoms with van der Waals surface area (Å²) in [6.07, 6.45) is 5.17. The Morgan fingerprint density at radius 1 is 1.21 bits per heavy atom. The number of hydrogen-bond donors (Lipinski definition) is 1. The third-order valence-electron chi connectivity index (χ3n) is 3.73. The third-order valence-corrected chi connectivity index (χ3v) is 3.73. The minimum atomic E-state index is -0.381. The number of aliphatic hydroxyl groups is 1. The molecule has 0 bridgehead atoms. The molecule has 1 aliphatic rings. The fraction of sp³-hybridized carbons (Fsp3) is 0.500. The quantitative estimate of drug-likeness (QED) is 0.835. The first-order valence-corrected chi connectivity index (χ1v) is 6.45. The van der Waals surface area contributed by atoms with Crippen LogP contribution in [0.4, 0.5) is 0 Å². The summed E-state index contributed by atoms with van der Waals surface area (Å²) >= 11 is 0. The molecule has 1 aromatic heterocycles. The van der Waals surface area contributed by atoms with Gasteiger partial charge >= 0.3 is 7.12 Å². The third kappa shape index (κ3) is 2.89. The average molecular weight is 261 g/mol. The molecule has 0 aromatic carbocycles. The molecule has 19 heavy (non-hydrogen) atoms. The van der Waals surface area contributed by atoms with Crippen molar-refractivity contribution < 1.29 is 14.4 Å². The summed E-state index contributed by atoms with van der Waals surface area (Å²) in [6, 6.07) is 3.82. The van der Waals surface area contributed by atoms with Gasteiger partial charge in [0.25, 0.3) is 0 Å². The van der Waals surface area contributed by atoms with Crippen molar-refractivity contribution in [2.45, 2.75) is 38.9 Å². The number of pyridine rings is 1. The standard InChI is InChI=1S/C14H20BNO3/c1-13(2)14(3,4)19-15(18-13)11-7-8-12(16-10-11)6-5-9-17/h5-8,10,17H,9H2,1-4H3. The Morgan fingerprint density at radius 3 is 2.32 bits per heavy atom. The second kappa shape index (κ2) is 5.08. The molecule has 2 heterocycles. The fourth-order valence-electron chi connectivity index (χ4n) is 1.81. The van der Waals surface area contributed by atoms with E-state index in [1.165, 1.54) is 0 Å². The average Bonchev–Trinajstić information content (AvgIpc) is 2.56. The number of hydrogen-bond acceptors (Lipinski definition) is 4. The van der Waals surface area contributed by atoms with E-state index in [-0.39, 0.29) is 24.9 Å². The lowest BCUT2D eigenvalue weighted by Gasteiger charge is -2.32. The molecule has 102 valence electrons. The highest BCUT2D eigenvalue weighted by atomic mass is 16.7. The molecule has 0 unspecified atom stereocenters. The Morgan fingerprint density at radius 2 is 1.84 bits per heavy atom. The molecule has 1 aliphatic heterocycles. The van der Waals surface area contributed by atoms with E-state index in [0.29, 0.717) is 0 Å². The van der Waals surface area contributed by atoms with Crippen LogP contribution < -0.4 is 5.46 Å². The SMILES string of the molecule is CC1(C)OB(c2ccc(C=CCO)nc2)OC1(C)C. The minimum absolute atomic E-state index is 0.0145. The van der Waals surface area contributed by atoms with E-state index >= 15 is 0 Å². The van der Waals surface area contributed by atoms with Gasteiger partial charge in [-0.05, 0) is 39.8 Å². The van der Waals surface area contributed by atoms with Gasteiger partial charge in [-0.3, -0.25) is 4.98 Å². The van der Waals surface area contributed by atoms with E-state index in [1.54, 1.807) is 18.3 Å². The zero-order valence-corrected chi connectivity index (χ0v) is 11.9. The van der Waals surface area contributed by atoms with Gasteiger partial charge in [0.15, 0.2) is 0 Å². The maximum atomic E-state index is 8.72. The monoisotopic (exact) mass is 261 g/mol. The Kier molecular flexibility index (Phi) is 3.81. The first-order chi connectivity index (χ1) is 8.86. The number of rotatable bonds is 3. The van der Waals surface area contributed by atoms with Gasteiger partial charge in [-0.15, -0.1) is 0 Å². The second-order valence-corrected chi connectivity index (χ2v) is 5.69. The molecule has 1 fully saturated rings. The van der Waals surface area contributed by atoms with Crippen molar-refractivity contribution in [3.63, 3.8) is 0 Å². The van der Waals surface area contributed by atoms with Crippen LogP contribution in [-0.4, -0.2) is 35.0 Å². The van der Waals surface area contributed by atoms with Crippen LogP contribution in [0.1, 0.15) is 33.4 Å². The summed E-state index contributed by atoms with van der Waals surface area (Å²) < 4.78 is 11.9. The van der Waals surface area contributed by atoms with Crippen LogP contribution in [0.5, 0.6) is 0 Å². The zero-order valence-electron chi connectivity index (χ0n) is 11.9. The minimum Gasteiger partial charge on any atom is -0.399 e. The largest absolute Gasteiger partial charge is 0.496 e. The van der Waals surface area contributed by atoms with Gasteiger partial charge < -0.3 is 14.4 Å². The van der Waals surface area contributed by atoms with Crippen LogP contribution in [0.25, 0.3) is 6.08 Å². The number of aromatic nitrogens is 1. The van der Waals surface area contributed by atoms with Gasteiger partial charge in [0, 0.05) is 11.7 Å². The van der Waals surface area contributed by atoms with Crippen molar-refractivity contribution in [2.75, 3.05) is 6.61 Å². The Balaban J connectivity index is 2.14. The van der Waals surface area contributed by atoms with Crippen LogP contribution in [0.15, 0.2) is 24.4 Å². The van der Waals surface area contributed by atoms with Gasteiger partial charge in [0.1, 0.15) is 0 Å². The highest BCUT2D eigenvalue weighted by molar-refractivity contribution is 6.62. The topological polar surface area (TPSA) is 51.6 Å². The summed E-state index contributed by atoms with van der Waals surface area (Å²) in [5.74, 6) is 0. The van der Waals surface area contributed by atoms with Gasteiger partial charge in [0.05, 0.1) is 23.5 Å². The second-order valence-electron chi connectivity index (χ2n) is 5.69. The van der Waals surface area contributed by atoms with Gasteiger partial charge in [-0.25, -0.2) is 0 Å². The molecule has 0 saturated carbocycles. The van der Waals surface area contributed by atoms with Crippen molar-refractivity contribution in [1.29, 1.82) is 0 Å². The highest BCUT2D eigenvalue weighted by Crippen LogP contribution is 2.36. The molecule has 1 N–H and O–H groups in total. The van der Waals surface area contributed by atoms with Crippen LogP contribution in [0, 0.1) is 0 Å². The molecule has 0 aliphatic carbocycles. The Labute approximate surface area is 114 Å². The molecule has 4 nitrogen and oxygen atoms in total. The van der Waals surface area contributed by atoms with E-state index in [1.807, 2.05) is 39.8 Å². The van der Waals surface area contributed by atoms with Crippen molar-refractivity contribution in [3.8, 4) is 0 Å². The Bertz CT molecular complexity index is 452. The van der Waals surface area contributed by atoms with Crippen LogP contribution in [-0.2, 0) is 9.31 Å². The zero-order chi connectivity index (χ0) is 14.1. The summed E-state index contributed by atoms with van der Waals surface area (Å²) in [4.78, 5) is 4.30. The lowest BCUT2D eigenvalue weighted by Crippen LogP contribution is -2.41. The first kappa shape index (κ1) is 14.2. The van der Waals surface area contributed by atoms with Crippen molar-refractivity contribution >= 4 is 18.7 Å². The highest BCUT2D eigenvalue weighted by Gasteiger charge is 2.51. The molecule has 0 amide bonds. The van der Waals surface area contributed by atoms with E-state index in [4.69, 9.17) is 14.4 Å². The summed E-state index contributed by atoms with van der Waals surface area (Å²) in [7, 11) is -0.381.